The molecule has 0 fully saturated rings. The molecule has 4 heteroatoms. The van der Waals surface area contributed by atoms with Crippen LogP contribution >= 0.6 is 24.0 Å². The van der Waals surface area contributed by atoms with Gasteiger partial charge in [-0.2, -0.15) is 0 Å². The molecular formula is C12H17NOS2. The van der Waals surface area contributed by atoms with E-state index in [4.69, 9.17) is 17.0 Å². The molecule has 1 aromatic carbocycles. The Labute approximate surface area is 107 Å². The predicted molar refractivity (Wildman–Crippen MR) is 75.4 cm³/mol. The van der Waals surface area contributed by atoms with Gasteiger partial charge in [0.15, 0.2) is 0 Å². The van der Waals surface area contributed by atoms with E-state index in [9.17, 15) is 0 Å². The van der Waals surface area contributed by atoms with Gasteiger partial charge in [-0.15, -0.1) is 0 Å². The minimum absolute atomic E-state index is 0.880. The van der Waals surface area contributed by atoms with Crippen LogP contribution in [0.15, 0.2) is 24.3 Å². The van der Waals surface area contributed by atoms with Crippen LogP contribution in [0.25, 0.3) is 0 Å². The van der Waals surface area contributed by atoms with Crippen molar-refractivity contribution in [3.8, 4) is 5.75 Å². The van der Waals surface area contributed by atoms with Gasteiger partial charge >= 0.3 is 0 Å². The summed E-state index contributed by atoms with van der Waals surface area (Å²) in [6, 6.07) is 8.15. The van der Waals surface area contributed by atoms with Crippen LogP contribution in [-0.2, 0) is 6.42 Å². The number of thioether (sulfide) groups is 1. The Hall–Kier alpha value is -0.740. The van der Waals surface area contributed by atoms with Crippen molar-refractivity contribution in [2.24, 2.45) is 0 Å². The number of methoxy groups -OCH3 is 1. The van der Waals surface area contributed by atoms with Gasteiger partial charge in [-0.3, -0.25) is 0 Å². The molecule has 2 nitrogen and oxygen atoms in total. The van der Waals surface area contributed by atoms with E-state index in [1.54, 1.807) is 18.9 Å². The third-order valence-corrected chi connectivity index (χ3v) is 3.39. The van der Waals surface area contributed by atoms with Crippen LogP contribution in [0, 0.1) is 0 Å². The number of hydrogen-bond acceptors (Lipinski definition) is 3. The topological polar surface area (TPSA) is 21.3 Å². The highest BCUT2D eigenvalue weighted by Crippen LogP contribution is 2.14. The van der Waals surface area contributed by atoms with E-state index in [0.29, 0.717) is 0 Å². The molecule has 0 aliphatic rings. The summed E-state index contributed by atoms with van der Waals surface area (Å²) in [6.45, 7) is 2.94. The highest BCUT2D eigenvalue weighted by Gasteiger charge is 1.98. The maximum atomic E-state index is 5.18. The van der Waals surface area contributed by atoms with Crippen LogP contribution in [0.5, 0.6) is 5.75 Å². The van der Waals surface area contributed by atoms with Crippen molar-refractivity contribution in [2.75, 3.05) is 19.4 Å². The molecule has 16 heavy (non-hydrogen) atoms. The average Bonchev–Trinajstić information content (AvgIpc) is 2.30. The number of thiocarbonyl (C=S) groups is 1. The van der Waals surface area contributed by atoms with Crippen LogP contribution in [-0.4, -0.2) is 23.7 Å². The highest BCUT2D eigenvalue weighted by atomic mass is 32.2. The fourth-order valence-electron chi connectivity index (χ4n) is 1.28. The lowest BCUT2D eigenvalue weighted by Crippen LogP contribution is -2.17. The fraction of sp³-hybridized carbons (Fsp3) is 0.417. The summed E-state index contributed by atoms with van der Waals surface area (Å²) in [7, 11) is 1.69. The molecule has 88 valence electrons. The molecule has 1 rings (SSSR count). The van der Waals surface area contributed by atoms with E-state index in [1.165, 1.54) is 5.56 Å². The molecule has 0 unspecified atom stereocenters. The van der Waals surface area contributed by atoms with E-state index >= 15 is 0 Å². The summed E-state index contributed by atoms with van der Waals surface area (Å²) in [5, 5.41) is 3.12. The largest absolute Gasteiger partial charge is 0.497 e. The van der Waals surface area contributed by atoms with Gasteiger partial charge in [0, 0.05) is 12.3 Å². The SMILES string of the molecule is CCNC(=S)SCCc1cccc(OC)c1. The average molecular weight is 255 g/mol. The Bertz CT molecular complexity index is 342. The summed E-state index contributed by atoms with van der Waals surface area (Å²) in [6.07, 6.45) is 1.01. The Morgan fingerprint density at radius 3 is 3.00 bits per heavy atom. The summed E-state index contributed by atoms with van der Waals surface area (Å²) in [5.74, 6) is 1.91. The van der Waals surface area contributed by atoms with Gasteiger partial charge in [-0.05, 0) is 31.0 Å². The lowest BCUT2D eigenvalue weighted by Gasteiger charge is -2.06. The van der Waals surface area contributed by atoms with Crippen molar-refractivity contribution >= 4 is 28.3 Å². The number of rotatable bonds is 5. The lowest BCUT2D eigenvalue weighted by molar-refractivity contribution is 0.414. The Morgan fingerprint density at radius 1 is 1.50 bits per heavy atom. The van der Waals surface area contributed by atoms with Gasteiger partial charge < -0.3 is 10.1 Å². The van der Waals surface area contributed by atoms with Gasteiger partial charge in [0.2, 0.25) is 0 Å². The molecule has 0 amide bonds. The highest BCUT2D eigenvalue weighted by molar-refractivity contribution is 8.22. The van der Waals surface area contributed by atoms with Crippen molar-refractivity contribution in [3.63, 3.8) is 0 Å². The van der Waals surface area contributed by atoms with Gasteiger partial charge in [0.05, 0.1) is 7.11 Å². The normalized spacial score (nSPS) is 9.88. The molecule has 0 spiro atoms. The van der Waals surface area contributed by atoms with Crippen molar-refractivity contribution in [2.45, 2.75) is 13.3 Å². The third-order valence-electron chi connectivity index (χ3n) is 2.08. The summed E-state index contributed by atoms with van der Waals surface area (Å²) in [4.78, 5) is 0. The van der Waals surface area contributed by atoms with Gasteiger partial charge in [-0.25, -0.2) is 0 Å². The molecule has 0 radical (unpaired) electrons. The maximum Gasteiger partial charge on any atom is 0.133 e. The smallest absolute Gasteiger partial charge is 0.133 e. The summed E-state index contributed by atoms with van der Waals surface area (Å²) in [5.41, 5.74) is 1.28. The van der Waals surface area contributed by atoms with Crippen LogP contribution in [0.4, 0.5) is 0 Å². The Kier molecular flexibility index (Phi) is 6.26. The standard InChI is InChI=1S/C12H17NOS2/c1-3-13-12(15)16-8-7-10-5-4-6-11(9-10)14-2/h4-6,9H,3,7-8H2,1-2H3,(H,13,15). The van der Waals surface area contributed by atoms with Gasteiger partial charge in [0.25, 0.3) is 0 Å². The van der Waals surface area contributed by atoms with Crippen molar-refractivity contribution in [1.29, 1.82) is 0 Å². The van der Waals surface area contributed by atoms with E-state index in [0.717, 1.165) is 28.8 Å². The van der Waals surface area contributed by atoms with Gasteiger partial charge in [-0.1, -0.05) is 36.1 Å². The van der Waals surface area contributed by atoms with Crippen molar-refractivity contribution in [1.82, 2.24) is 5.32 Å². The lowest BCUT2D eigenvalue weighted by atomic mass is 10.2. The van der Waals surface area contributed by atoms with Crippen LogP contribution in [0.1, 0.15) is 12.5 Å². The monoisotopic (exact) mass is 255 g/mol. The number of ether oxygens (including phenoxy) is 1. The first kappa shape index (κ1) is 13.3. The van der Waals surface area contributed by atoms with Crippen LogP contribution < -0.4 is 10.1 Å². The molecule has 0 heterocycles. The molecule has 0 aliphatic carbocycles. The number of aryl methyl sites for hydroxylation is 1. The quantitative estimate of drug-likeness (QED) is 0.816. The third kappa shape index (κ3) is 4.86. The first-order valence-electron chi connectivity index (χ1n) is 5.29. The second-order valence-corrected chi connectivity index (χ2v) is 5.04. The molecule has 0 saturated heterocycles. The zero-order valence-electron chi connectivity index (χ0n) is 9.66. The Morgan fingerprint density at radius 2 is 2.31 bits per heavy atom. The van der Waals surface area contributed by atoms with E-state index in [1.807, 2.05) is 12.1 Å². The second kappa shape index (κ2) is 7.52. The molecule has 1 N–H and O–H groups in total. The fourth-order valence-corrected chi connectivity index (χ4v) is 2.45. The Balaban J connectivity index is 2.34. The molecule has 0 bridgehead atoms. The molecule has 0 saturated carbocycles. The molecular weight excluding hydrogens is 238 g/mol. The van der Waals surface area contributed by atoms with Gasteiger partial charge in [0.1, 0.15) is 10.1 Å². The molecule has 0 aliphatic heterocycles. The summed E-state index contributed by atoms with van der Waals surface area (Å²) >= 11 is 6.83. The van der Waals surface area contributed by atoms with Crippen molar-refractivity contribution in [3.05, 3.63) is 29.8 Å². The first-order valence-corrected chi connectivity index (χ1v) is 6.69. The zero-order valence-corrected chi connectivity index (χ0v) is 11.3. The van der Waals surface area contributed by atoms with Crippen LogP contribution in [0.3, 0.4) is 0 Å². The molecule has 0 aromatic heterocycles. The minimum Gasteiger partial charge on any atom is -0.497 e. The van der Waals surface area contributed by atoms with E-state index < -0.39 is 0 Å². The van der Waals surface area contributed by atoms with Crippen molar-refractivity contribution < 1.29 is 4.74 Å². The minimum atomic E-state index is 0.880. The number of nitrogens with one attached hydrogen (secondary N) is 1. The molecule has 0 atom stereocenters. The number of benzene rings is 1. The van der Waals surface area contributed by atoms with E-state index in [2.05, 4.69) is 24.4 Å². The zero-order chi connectivity index (χ0) is 11.8. The second-order valence-electron chi connectivity index (χ2n) is 3.27. The first-order chi connectivity index (χ1) is 7.76. The molecule has 1 aromatic rings. The summed E-state index contributed by atoms with van der Waals surface area (Å²) < 4.78 is 6.06. The maximum absolute atomic E-state index is 5.18. The van der Waals surface area contributed by atoms with Crippen LogP contribution in [0.2, 0.25) is 0 Å². The number of hydrogen-bond donors (Lipinski definition) is 1. The van der Waals surface area contributed by atoms with E-state index in [-0.39, 0.29) is 0 Å². The predicted octanol–water partition coefficient (Wildman–Crippen LogP) is 2.87.